The van der Waals surface area contributed by atoms with Gasteiger partial charge in [-0.1, -0.05) is 12.1 Å². The summed E-state index contributed by atoms with van der Waals surface area (Å²) >= 11 is 0. The zero-order valence-corrected chi connectivity index (χ0v) is 14.8. The van der Waals surface area contributed by atoms with Crippen molar-refractivity contribution >= 4 is 23.2 Å². The summed E-state index contributed by atoms with van der Waals surface area (Å²) < 4.78 is 0. The Hall–Kier alpha value is -2.08. The van der Waals surface area contributed by atoms with Gasteiger partial charge in [-0.15, -0.1) is 0 Å². The van der Waals surface area contributed by atoms with Crippen LogP contribution in [0, 0.1) is 0 Å². The predicted molar refractivity (Wildman–Crippen MR) is 97.5 cm³/mol. The third-order valence-corrected chi connectivity index (χ3v) is 5.96. The van der Waals surface area contributed by atoms with E-state index in [4.69, 9.17) is 0 Å². The second-order valence-electron chi connectivity index (χ2n) is 7.45. The number of para-hydroxylation sites is 2. The molecule has 2 amide bonds. The molecule has 1 aromatic carbocycles. The summed E-state index contributed by atoms with van der Waals surface area (Å²) in [5.74, 6) is 0.282. The van der Waals surface area contributed by atoms with Gasteiger partial charge in [-0.05, 0) is 44.7 Å². The first-order valence-corrected chi connectivity index (χ1v) is 9.31. The van der Waals surface area contributed by atoms with Crippen LogP contribution in [-0.4, -0.2) is 59.4 Å². The molecule has 2 saturated heterocycles. The van der Waals surface area contributed by atoms with Crippen LogP contribution in [0.1, 0.15) is 32.6 Å². The van der Waals surface area contributed by atoms with Crippen molar-refractivity contribution in [1.29, 1.82) is 0 Å². The van der Waals surface area contributed by atoms with Crippen molar-refractivity contribution in [2.75, 3.05) is 36.8 Å². The average Bonchev–Trinajstić information content (AvgIpc) is 3.17. The van der Waals surface area contributed by atoms with Crippen LogP contribution < -0.4 is 10.6 Å². The maximum Gasteiger partial charge on any atom is 0.250 e. The number of carbonyl (C=O) groups is 2. The van der Waals surface area contributed by atoms with Crippen molar-refractivity contribution in [3.05, 3.63) is 24.3 Å². The van der Waals surface area contributed by atoms with E-state index in [9.17, 15) is 9.59 Å². The third-order valence-electron chi connectivity index (χ3n) is 5.96. The Morgan fingerprint density at radius 2 is 1.72 bits per heavy atom. The summed E-state index contributed by atoms with van der Waals surface area (Å²) in [5.41, 5.74) is 1.27. The Morgan fingerprint density at radius 3 is 2.40 bits per heavy atom. The van der Waals surface area contributed by atoms with Crippen LogP contribution in [0.15, 0.2) is 24.3 Å². The lowest BCUT2D eigenvalue weighted by molar-refractivity contribution is -0.136. The molecule has 3 aliphatic rings. The van der Waals surface area contributed by atoms with Crippen LogP contribution in [0.25, 0.3) is 0 Å². The SMILES string of the molecule is C[C@@H](C(=O)N1CCCC1)N1CCC2(CC1)Nc1ccccc1NC2=O. The van der Waals surface area contributed by atoms with Crippen LogP contribution in [0.2, 0.25) is 0 Å². The molecule has 4 rings (SSSR count). The van der Waals surface area contributed by atoms with Crippen LogP contribution in [0.5, 0.6) is 0 Å². The van der Waals surface area contributed by atoms with E-state index in [1.54, 1.807) is 0 Å². The summed E-state index contributed by atoms with van der Waals surface area (Å²) in [6.07, 6.45) is 3.66. The van der Waals surface area contributed by atoms with Crippen molar-refractivity contribution in [2.24, 2.45) is 0 Å². The van der Waals surface area contributed by atoms with Crippen LogP contribution in [0.3, 0.4) is 0 Å². The smallest absolute Gasteiger partial charge is 0.250 e. The quantitative estimate of drug-likeness (QED) is 0.862. The second-order valence-corrected chi connectivity index (χ2v) is 7.45. The highest BCUT2D eigenvalue weighted by molar-refractivity contribution is 6.06. The van der Waals surface area contributed by atoms with E-state index in [1.165, 1.54) is 0 Å². The van der Waals surface area contributed by atoms with E-state index in [0.29, 0.717) is 12.8 Å². The zero-order valence-electron chi connectivity index (χ0n) is 14.8. The number of fused-ring (bicyclic) bond motifs is 1. The van der Waals surface area contributed by atoms with E-state index in [1.807, 2.05) is 36.1 Å². The number of carbonyl (C=O) groups excluding carboxylic acids is 2. The number of hydrogen-bond donors (Lipinski definition) is 2. The summed E-state index contributed by atoms with van der Waals surface area (Å²) in [5, 5.41) is 6.51. The van der Waals surface area contributed by atoms with Gasteiger partial charge in [0.25, 0.3) is 0 Å². The minimum atomic E-state index is -0.554. The van der Waals surface area contributed by atoms with Gasteiger partial charge in [0.15, 0.2) is 0 Å². The monoisotopic (exact) mass is 342 g/mol. The van der Waals surface area contributed by atoms with Gasteiger partial charge in [0, 0.05) is 26.2 Å². The molecule has 0 unspecified atom stereocenters. The van der Waals surface area contributed by atoms with Gasteiger partial charge in [0.2, 0.25) is 11.8 Å². The first kappa shape index (κ1) is 16.4. The van der Waals surface area contributed by atoms with E-state index >= 15 is 0 Å². The first-order valence-electron chi connectivity index (χ1n) is 9.31. The fourth-order valence-electron chi connectivity index (χ4n) is 4.26. The fourth-order valence-corrected chi connectivity index (χ4v) is 4.26. The highest BCUT2D eigenvalue weighted by Gasteiger charge is 2.45. The molecule has 6 heteroatoms. The molecule has 0 saturated carbocycles. The number of amides is 2. The molecule has 134 valence electrons. The van der Waals surface area contributed by atoms with Gasteiger partial charge in [-0.25, -0.2) is 0 Å². The zero-order chi connectivity index (χ0) is 17.4. The number of piperidine rings is 1. The number of rotatable bonds is 2. The number of anilines is 2. The molecule has 0 bridgehead atoms. The highest BCUT2D eigenvalue weighted by Crippen LogP contribution is 2.36. The predicted octanol–water partition coefficient (Wildman–Crippen LogP) is 1.90. The number of likely N-dealkylation sites (tertiary alicyclic amines) is 2. The van der Waals surface area contributed by atoms with Gasteiger partial charge in [-0.3, -0.25) is 14.5 Å². The number of nitrogens with one attached hydrogen (secondary N) is 2. The normalized spacial score (nSPS) is 23.7. The second kappa shape index (κ2) is 6.33. The molecule has 0 aromatic heterocycles. The lowest BCUT2D eigenvalue weighted by Crippen LogP contribution is -2.60. The lowest BCUT2D eigenvalue weighted by atomic mass is 9.84. The maximum atomic E-state index is 12.7. The molecule has 2 N–H and O–H groups in total. The molecule has 1 spiro atoms. The first-order chi connectivity index (χ1) is 12.1. The molecule has 25 heavy (non-hydrogen) atoms. The van der Waals surface area contributed by atoms with E-state index in [2.05, 4.69) is 15.5 Å². The lowest BCUT2D eigenvalue weighted by Gasteiger charge is -2.45. The Bertz CT molecular complexity index is 676. The molecule has 0 radical (unpaired) electrons. The molecule has 6 nitrogen and oxygen atoms in total. The maximum absolute atomic E-state index is 12.7. The van der Waals surface area contributed by atoms with Crippen LogP contribution in [-0.2, 0) is 9.59 Å². The van der Waals surface area contributed by atoms with Crippen molar-refractivity contribution < 1.29 is 9.59 Å². The Balaban J connectivity index is 1.42. The van der Waals surface area contributed by atoms with Crippen molar-refractivity contribution in [3.8, 4) is 0 Å². The molecular weight excluding hydrogens is 316 g/mol. The van der Waals surface area contributed by atoms with Crippen LogP contribution in [0.4, 0.5) is 11.4 Å². The van der Waals surface area contributed by atoms with Gasteiger partial charge in [-0.2, -0.15) is 0 Å². The molecule has 2 fully saturated rings. The Labute approximate surface area is 148 Å². The van der Waals surface area contributed by atoms with Crippen molar-refractivity contribution in [2.45, 2.75) is 44.2 Å². The molecule has 1 aromatic rings. The topological polar surface area (TPSA) is 64.7 Å². The largest absolute Gasteiger partial charge is 0.369 e. The third kappa shape index (κ3) is 2.88. The Kier molecular flexibility index (Phi) is 4.15. The molecule has 3 heterocycles. The Morgan fingerprint density at radius 1 is 1.08 bits per heavy atom. The van der Waals surface area contributed by atoms with Crippen molar-refractivity contribution in [1.82, 2.24) is 9.80 Å². The van der Waals surface area contributed by atoms with Crippen molar-refractivity contribution in [3.63, 3.8) is 0 Å². The standard InChI is InChI=1S/C19H26N4O2/c1-14(17(24)23-10-4-5-11-23)22-12-8-19(9-13-22)18(25)20-15-6-2-3-7-16(15)21-19/h2-3,6-7,14,21H,4-5,8-13H2,1H3,(H,20,25)/t14-/m0/s1. The summed E-state index contributed by atoms with van der Waals surface area (Å²) in [6, 6.07) is 7.71. The van der Waals surface area contributed by atoms with E-state index in [0.717, 1.165) is 50.4 Å². The molecule has 1 atom stereocenters. The number of nitrogens with zero attached hydrogens (tertiary/aromatic N) is 2. The minimum absolute atomic E-state index is 0.0457. The summed E-state index contributed by atoms with van der Waals surface area (Å²) in [7, 11) is 0. The van der Waals surface area contributed by atoms with Gasteiger partial charge in [0.1, 0.15) is 5.54 Å². The van der Waals surface area contributed by atoms with Gasteiger partial charge in [0.05, 0.1) is 17.4 Å². The minimum Gasteiger partial charge on any atom is -0.369 e. The molecule has 0 aliphatic carbocycles. The number of benzene rings is 1. The molecule has 3 aliphatic heterocycles. The molecular formula is C19H26N4O2. The highest BCUT2D eigenvalue weighted by atomic mass is 16.2. The van der Waals surface area contributed by atoms with Crippen LogP contribution >= 0.6 is 0 Å². The number of hydrogen-bond acceptors (Lipinski definition) is 4. The van der Waals surface area contributed by atoms with Gasteiger partial charge >= 0.3 is 0 Å². The van der Waals surface area contributed by atoms with E-state index in [-0.39, 0.29) is 17.9 Å². The fraction of sp³-hybridized carbons (Fsp3) is 0.579. The van der Waals surface area contributed by atoms with Gasteiger partial charge < -0.3 is 15.5 Å². The van der Waals surface area contributed by atoms with E-state index < -0.39 is 5.54 Å². The average molecular weight is 342 g/mol. The summed E-state index contributed by atoms with van der Waals surface area (Å²) in [6.45, 7) is 5.29. The summed E-state index contributed by atoms with van der Waals surface area (Å²) in [4.78, 5) is 29.5.